The summed E-state index contributed by atoms with van der Waals surface area (Å²) >= 11 is 13.9. The highest BCUT2D eigenvalue weighted by atomic mass is 35.5. The lowest BCUT2D eigenvalue weighted by molar-refractivity contribution is 0.105. The van der Waals surface area contributed by atoms with Crippen LogP contribution in [0.3, 0.4) is 0 Å². The summed E-state index contributed by atoms with van der Waals surface area (Å²) < 4.78 is 7.88. The van der Waals surface area contributed by atoms with E-state index in [-0.39, 0.29) is 6.04 Å². The van der Waals surface area contributed by atoms with E-state index in [0.29, 0.717) is 29.0 Å². The molecule has 0 N–H and O–H groups in total. The van der Waals surface area contributed by atoms with Crippen LogP contribution in [-0.2, 0) is 18.0 Å². The lowest BCUT2D eigenvalue weighted by Gasteiger charge is -2.13. The minimum absolute atomic E-state index is 0.191. The summed E-state index contributed by atoms with van der Waals surface area (Å²) in [7, 11) is 0. The molecule has 4 nitrogen and oxygen atoms in total. The molecule has 141 valence electrons. The molecule has 0 atom stereocenters. The molecule has 1 aromatic carbocycles. The molecule has 0 spiro atoms. The molecule has 0 saturated carbocycles. The largest absolute Gasteiger partial charge is 0.372 e. The van der Waals surface area contributed by atoms with E-state index in [1.54, 1.807) is 30.2 Å². The highest BCUT2D eigenvalue weighted by Crippen LogP contribution is 2.36. The highest BCUT2D eigenvalue weighted by molar-refractivity contribution is 7.99. The normalized spacial score (nSPS) is 11.3. The smallest absolute Gasteiger partial charge is 0.105 e. The van der Waals surface area contributed by atoms with Crippen molar-refractivity contribution in [3.05, 3.63) is 76.5 Å². The van der Waals surface area contributed by atoms with Crippen LogP contribution in [0.4, 0.5) is 0 Å². The van der Waals surface area contributed by atoms with E-state index in [1.807, 2.05) is 28.9 Å². The summed E-state index contributed by atoms with van der Waals surface area (Å²) in [6.07, 6.45) is 3.51. The van der Waals surface area contributed by atoms with Crippen molar-refractivity contribution in [3.63, 3.8) is 0 Å². The zero-order valence-electron chi connectivity index (χ0n) is 15.2. The van der Waals surface area contributed by atoms with Gasteiger partial charge in [0.05, 0.1) is 18.9 Å². The Morgan fingerprint density at radius 3 is 2.41 bits per heavy atom. The summed E-state index contributed by atoms with van der Waals surface area (Å²) in [4.78, 5) is 4.97. The van der Waals surface area contributed by atoms with E-state index in [4.69, 9.17) is 27.9 Å². The maximum atomic E-state index is 6.15. The molecule has 0 amide bonds. The molecular weight excluding hydrogens is 401 g/mol. The summed E-state index contributed by atoms with van der Waals surface area (Å²) in [5.41, 5.74) is 2.76. The quantitative estimate of drug-likeness (QED) is 0.454. The van der Waals surface area contributed by atoms with E-state index < -0.39 is 0 Å². The fourth-order valence-electron chi connectivity index (χ4n) is 2.55. The molecule has 1 radical (unpaired) electrons. The molecule has 3 aromatic rings. The van der Waals surface area contributed by atoms with Crippen LogP contribution in [0.15, 0.2) is 52.6 Å². The molecule has 27 heavy (non-hydrogen) atoms. The highest BCUT2D eigenvalue weighted by Gasteiger charge is 2.19. The SMILES string of the molecule is [CH2]c1nn(C(C)C)c(Sc2cc(Cl)cc(Cl)c2)c1COCc1ccncc1. The van der Waals surface area contributed by atoms with Crippen LogP contribution in [-0.4, -0.2) is 14.8 Å². The van der Waals surface area contributed by atoms with Crippen LogP contribution >= 0.6 is 35.0 Å². The molecule has 0 aliphatic heterocycles. The van der Waals surface area contributed by atoms with Crippen molar-refractivity contribution < 1.29 is 4.74 Å². The van der Waals surface area contributed by atoms with Crippen molar-refractivity contribution >= 4 is 35.0 Å². The predicted octanol–water partition coefficient (Wildman–Crippen LogP) is 6.22. The molecule has 2 heterocycles. The van der Waals surface area contributed by atoms with Gasteiger partial charge in [0.25, 0.3) is 0 Å². The Bertz CT molecular complexity index is 893. The van der Waals surface area contributed by atoms with Gasteiger partial charge >= 0.3 is 0 Å². The monoisotopic (exact) mass is 420 g/mol. The second-order valence-electron chi connectivity index (χ2n) is 6.32. The van der Waals surface area contributed by atoms with Crippen molar-refractivity contribution in [2.45, 2.75) is 43.0 Å². The summed E-state index contributed by atoms with van der Waals surface area (Å²) in [6, 6.07) is 9.56. The average Bonchev–Trinajstić information content (AvgIpc) is 2.91. The van der Waals surface area contributed by atoms with Gasteiger partial charge in [-0.25, -0.2) is 0 Å². The van der Waals surface area contributed by atoms with Crippen LogP contribution in [0.25, 0.3) is 0 Å². The van der Waals surface area contributed by atoms with Gasteiger partial charge < -0.3 is 4.74 Å². The second kappa shape index (κ2) is 9.11. The third-order valence-electron chi connectivity index (χ3n) is 3.85. The van der Waals surface area contributed by atoms with E-state index in [2.05, 4.69) is 30.9 Å². The lowest BCUT2D eigenvalue weighted by Crippen LogP contribution is -2.05. The van der Waals surface area contributed by atoms with Gasteiger partial charge in [-0.05, 0) is 56.7 Å². The van der Waals surface area contributed by atoms with Crippen molar-refractivity contribution in [2.75, 3.05) is 0 Å². The van der Waals surface area contributed by atoms with Gasteiger partial charge in [-0.3, -0.25) is 9.67 Å². The number of hydrogen-bond acceptors (Lipinski definition) is 4. The number of halogens is 2. The first kappa shape index (κ1) is 20.2. The maximum absolute atomic E-state index is 6.15. The molecule has 0 fully saturated rings. The fraction of sp³-hybridized carbons (Fsp3) is 0.250. The standard InChI is InChI=1S/C20H20Cl2N3OS/c1-13(2)25-20(27-18-9-16(21)8-17(22)10-18)19(14(3)24-25)12-26-11-15-4-6-23-7-5-15/h4-10,13H,3,11-12H2,1-2H3. The molecular formula is C20H20Cl2N3OS. The van der Waals surface area contributed by atoms with Crippen molar-refractivity contribution in [3.8, 4) is 0 Å². The zero-order valence-corrected chi connectivity index (χ0v) is 17.5. The van der Waals surface area contributed by atoms with Crippen molar-refractivity contribution in [2.24, 2.45) is 0 Å². The topological polar surface area (TPSA) is 39.9 Å². The van der Waals surface area contributed by atoms with Crippen LogP contribution in [0.1, 0.15) is 36.7 Å². The van der Waals surface area contributed by atoms with Crippen molar-refractivity contribution in [1.29, 1.82) is 0 Å². The number of benzene rings is 1. The Kier molecular flexibility index (Phi) is 6.82. The van der Waals surface area contributed by atoms with Crippen LogP contribution in [0.5, 0.6) is 0 Å². The number of ether oxygens (including phenoxy) is 1. The maximum Gasteiger partial charge on any atom is 0.105 e. The third-order valence-corrected chi connectivity index (χ3v) is 5.38. The third kappa shape index (κ3) is 5.26. The van der Waals surface area contributed by atoms with E-state index in [0.717, 1.165) is 21.0 Å². The van der Waals surface area contributed by atoms with Gasteiger partial charge in [-0.2, -0.15) is 5.10 Å². The zero-order chi connectivity index (χ0) is 19.4. The average molecular weight is 421 g/mol. The van der Waals surface area contributed by atoms with Crippen molar-refractivity contribution in [1.82, 2.24) is 14.8 Å². The first-order valence-electron chi connectivity index (χ1n) is 8.48. The first-order chi connectivity index (χ1) is 12.9. The van der Waals surface area contributed by atoms with E-state index in [9.17, 15) is 0 Å². The van der Waals surface area contributed by atoms with Crippen LogP contribution in [0, 0.1) is 6.92 Å². The Hall–Kier alpha value is -1.53. The molecule has 2 aromatic heterocycles. The van der Waals surface area contributed by atoms with E-state index >= 15 is 0 Å². The molecule has 0 aliphatic rings. The number of hydrogen-bond donors (Lipinski definition) is 0. The Labute approximate surface area is 173 Å². The summed E-state index contributed by atoms with van der Waals surface area (Å²) in [6.45, 7) is 9.19. The molecule has 3 rings (SSSR count). The Morgan fingerprint density at radius 2 is 1.78 bits per heavy atom. The van der Waals surface area contributed by atoms with E-state index in [1.165, 1.54) is 0 Å². The van der Waals surface area contributed by atoms with Crippen LogP contribution in [0.2, 0.25) is 10.0 Å². The molecule has 0 saturated heterocycles. The Morgan fingerprint density at radius 1 is 1.11 bits per heavy atom. The fourth-order valence-corrected chi connectivity index (χ4v) is 4.45. The lowest BCUT2D eigenvalue weighted by atomic mass is 10.2. The van der Waals surface area contributed by atoms with Gasteiger partial charge in [0.1, 0.15) is 5.03 Å². The Balaban J connectivity index is 1.84. The number of pyridine rings is 1. The van der Waals surface area contributed by atoms with Gasteiger partial charge in [0, 0.05) is 38.9 Å². The van der Waals surface area contributed by atoms with Gasteiger partial charge in [0.15, 0.2) is 0 Å². The molecule has 7 heteroatoms. The number of aromatic nitrogens is 3. The van der Waals surface area contributed by atoms with Crippen LogP contribution < -0.4 is 0 Å². The first-order valence-corrected chi connectivity index (χ1v) is 10.0. The second-order valence-corrected chi connectivity index (χ2v) is 8.26. The summed E-state index contributed by atoms with van der Waals surface area (Å²) in [5.74, 6) is 0. The van der Waals surface area contributed by atoms with Gasteiger partial charge in [0.2, 0.25) is 0 Å². The predicted molar refractivity (Wildman–Crippen MR) is 110 cm³/mol. The molecule has 0 bridgehead atoms. The van der Waals surface area contributed by atoms with Gasteiger partial charge in [-0.15, -0.1) is 0 Å². The number of nitrogens with zero attached hydrogens (tertiary/aromatic N) is 3. The number of rotatable bonds is 7. The summed E-state index contributed by atoms with van der Waals surface area (Å²) in [5, 5.41) is 6.80. The minimum atomic E-state index is 0.191. The van der Waals surface area contributed by atoms with Gasteiger partial charge in [-0.1, -0.05) is 35.0 Å². The minimum Gasteiger partial charge on any atom is -0.372 e. The molecule has 0 unspecified atom stereocenters. The molecule has 0 aliphatic carbocycles.